The van der Waals surface area contributed by atoms with E-state index in [-0.39, 0.29) is 17.3 Å². The number of fused-ring (bicyclic) bond motifs is 1. The second kappa shape index (κ2) is 5.41. The summed E-state index contributed by atoms with van der Waals surface area (Å²) in [5.74, 6) is 0.401. The summed E-state index contributed by atoms with van der Waals surface area (Å²) in [5, 5.41) is 0. The van der Waals surface area contributed by atoms with E-state index < -0.39 is 0 Å². The van der Waals surface area contributed by atoms with Crippen molar-refractivity contribution in [3.63, 3.8) is 0 Å². The van der Waals surface area contributed by atoms with Gasteiger partial charge in [0.25, 0.3) is 0 Å². The number of likely N-dealkylation sites (tertiary alicyclic amines) is 1. The van der Waals surface area contributed by atoms with E-state index in [2.05, 4.69) is 34.0 Å². The van der Waals surface area contributed by atoms with Crippen molar-refractivity contribution in [2.75, 3.05) is 6.54 Å². The number of hydrogen-bond donors (Lipinski definition) is 1. The van der Waals surface area contributed by atoms with E-state index in [0.29, 0.717) is 5.92 Å². The Morgan fingerprint density at radius 3 is 2.77 bits per heavy atom. The third-order valence-electron chi connectivity index (χ3n) is 5.41. The van der Waals surface area contributed by atoms with Crippen LogP contribution in [-0.2, 0) is 5.54 Å². The lowest BCUT2D eigenvalue weighted by Gasteiger charge is -2.42. The number of nitrogens with two attached hydrogens (primary N) is 1. The Bertz CT molecular complexity index is 642. The fraction of sp³-hybridized carbons (Fsp3) is 0.444. The summed E-state index contributed by atoms with van der Waals surface area (Å²) >= 11 is 3.49. The Balaban J connectivity index is 2.18. The number of benzene rings is 1. The highest BCUT2D eigenvalue weighted by Crippen LogP contribution is 2.58. The fourth-order valence-corrected chi connectivity index (χ4v) is 4.98. The highest BCUT2D eigenvalue weighted by molar-refractivity contribution is 9.10. The zero-order valence-electron chi connectivity index (χ0n) is 12.9. The monoisotopic (exact) mass is 364 g/mol. The van der Waals surface area contributed by atoms with Gasteiger partial charge in [-0.2, -0.15) is 0 Å². The van der Waals surface area contributed by atoms with E-state index in [1.54, 1.807) is 12.1 Å². The van der Waals surface area contributed by atoms with Crippen LogP contribution in [0.2, 0.25) is 0 Å². The molecule has 3 rings (SSSR count). The first-order valence-corrected chi connectivity index (χ1v) is 8.50. The topological polar surface area (TPSA) is 29.3 Å². The molecule has 4 heteroatoms. The maximum atomic E-state index is 14.7. The molecule has 2 N–H and O–H groups in total. The summed E-state index contributed by atoms with van der Waals surface area (Å²) in [6.45, 7) is 11.0. The summed E-state index contributed by atoms with van der Waals surface area (Å²) in [4.78, 5) is 2.28. The highest BCUT2D eigenvalue weighted by atomic mass is 79.9. The van der Waals surface area contributed by atoms with Crippen LogP contribution in [0.15, 0.2) is 47.2 Å². The van der Waals surface area contributed by atoms with Gasteiger partial charge in [-0.25, -0.2) is 4.39 Å². The zero-order valence-corrected chi connectivity index (χ0v) is 14.5. The Kier molecular flexibility index (Phi) is 3.84. The predicted molar refractivity (Wildman–Crippen MR) is 91.5 cm³/mol. The molecule has 0 spiro atoms. The molecule has 2 aliphatic rings. The first-order valence-electron chi connectivity index (χ1n) is 7.71. The summed E-state index contributed by atoms with van der Waals surface area (Å²) in [6, 6.07) is 5.22. The molecule has 1 aromatic carbocycles. The van der Waals surface area contributed by atoms with Gasteiger partial charge in [-0.3, -0.25) is 0 Å². The molecule has 22 heavy (non-hydrogen) atoms. The summed E-state index contributed by atoms with van der Waals surface area (Å²) in [6.07, 6.45) is 2.84. The predicted octanol–water partition coefficient (Wildman–Crippen LogP) is 4.52. The highest BCUT2D eigenvalue weighted by Gasteiger charge is 2.57. The van der Waals surface area contributed by atoms with E-state index in [9.17, 15) is 4.39 Å². The van der Waals surface area contributed by atoms with Crippen molar-refractivity contribution in [1.29, 1.82) is 0 Å². The molecule has 1 saturated carbocycles. The number of nitrogens with zero attached hydrogens (tertiary/aromatic N) is 1. The van der Waals surface area contributed by atoms with Crippen molar-refractivity contribution in [3.05, 3.63) is 58.6 Å². The molecule has 1 aliphatic heterocycles. The molecule has 1 aromatic rings. The number of hydrogen-bond acceptors (Lipinski definition) is 2. The molecule has 2 fully saturated rings. The molecular formula is C18H22BrFN2. The third kappa shape index (κ3) is 2.11. The van der Waals surface area contributed by atoms with Crippen LogP contribution in [0.4, 0.5) is 4.39 Å². The molecular weight excluding hydrogens is 343 g/mol. The minimum Gasteiger partial charge on any atom is -0.402 e. The van der Waals surface area contributed by atoms with E-state index in [1.165, 1.54) is 0 Å². The molecule has 118 valence electrons. The van der Waals surface area contributed by atoms with Gasteiger partial charge in [0, 0.05) is 33.9 Å². The van der Waals surface area contributed by atoms with Crippen molar-refractivity contribution in [2.45, 2.75) is 31.7 Å². The second-order valence-corrected chi connectivity index (χ2v) is 7.47. The Morgan fingerprint density at radius 1 is 1.41 bits per heavy atom. The van der Waals surface area contributed by atoms with Gasteiger partial charge in [0.2, 0.25) is 0 Å². The minimum atomic E-state index is -0.341. The Morgan fingerprint density at radius 2 is 2.14 bits per heavy atom. The van der Waals surface area contributed by atoms with Crippen molar-refractivity contribution in [3.8, 4) is 0 Å². The lowest BCUT2D eigenvalue weighted by atomic mass is 9.77. The van der Waals surface area contributed by atoms with Gasteiger partial charge in [0.15, 0.2) is 0 Å². The lowest BCUT2D eigenvalue weighted by Crippen LogP contribution is -2.43. The van der Waals surface area contributed by atoms with Gasteiger partial charge in [0.1, 0.15) is 5.82 Å². The van der Waals surface area contributed by atoms with E-state index >= 15 is 0 Å². The number of rotatable bonds is 3. The Labute approximate surface area is 140 Å². The maximum Gasteiger partial charge on any atom is 0.128 e. The van der Waals surface area contributed by atoms with Crippen molar-refractivity contribution >= 4 is 15.9 Å². The van der Waals surface area contributed by atoms with Crippen LogP contribution in [0, 0.1) is 17.7 Å². The first-order chi connectivity index (χ1) is 10.4. The van der Waals surface area contributed by atoms with Crippen molar-refractivity contribution in [1.82, 2.24) is 4.90 Å². The molecule has 3 atom stereocenters. The second-order valence-electron chi connectivity index (χ2n) is 6.55. The van der Waals surface area contributed by atoms with Crippen LogP contribution >= 0.6 is 15.9 Å². The normalized spacial score (nSPS) is 30.4. The van der Waals surface area contributed by atoms with Gasteiger partial charge in [0.05, 0.1) is 5.54 Å². The van der Waals surface area contributed by atoms with Gasteiger partial charge < -0.3 is 10.6 Å². The smallest absolute Gasteiger partial charge is 0.128 e. The van der Waals surface area contributed by atoms with Gasteiger partial charge in [-0.1, -0.05) is 29.1 Å². The maximum absolute atomic E-state index is 14.7. The van der Waals surface area contributed by atoms with E-state index in [1.807, 2.05) is 13.0 Å². The van der Waals surface area contributed by atoms with Gasteiger partial charge in [-0.15, -0.1) is 0 Å². The van der Waals surface area contributed by atoms with Crippen LogP contribution in [0.1, 0.15) is 31.7 Å². The summed E-state index contributed by atoms with van der Waals surface area (Å²) in [5.41, 5.74) is 8.18. The molecule has 1 aliphatic carbocycles. The average Bonchev–Trinajstić information content (AvgIpc) is 2.98. The van der Waals surface area contributed by atoms with Crippen LogP contribution in [0.5, 0.6) is 0 Å². The van der Waals surface area contributed by atoms with E-state index in [0.717, 1.165) is 47.2 Å². The van der Waals surface area contributed by atoms with Crippen LogP contribution in [0.25, 0.3) is 0 Å². The molecule has 1 saturated heterocycles. The molecule has 0 amide bonds. The van der Waals surface area contributed by atoms with E-state index in [4.69, 9.17) is 5.73 Å². The zero-order chi connectivity index (χ0) is 16.1. The number of halogens is 2. The lowest BCUT2D eigenvalue weighted by molar-refractivity contribution is 0.147. The SMILES string of the molecule is C=C(N)[C@H]1CC[C@@]2(c3cc(Br)ccc3F)C1CCN2C(=C)C. The largest absolute Gasteiger partial charge is 0.402 e. The van der Waals surface area contributed by atoms with Gasteiger partial charge in [-0.05, 0) is 50.3 Å². The van der Waals surface area contributed by atoms with Crippen LogP contribution in [0.3, 0.4) is 0 Å². The summed E-state index contributed by atoms with van der Waals surface area (Å²) in [7, 11) is 0. The van der Waals surface area contributed by atoms with Crippen LogP contribution in [-0.4, -0.2) is 11.4 Å². The van der Waals surface area contributed by atoms with Crippen molar-refractivity contribution in [2.24, 2.45) is 17.6 Å². The first kappa shape index (κ1) is 15.6. The molecule has 1 unspecified atom stereocenters. The third-order valence-corrected chi connectivity index (χ3v) is 5.91. The molecule has 0 aromatic heterocycles. The Hall–Kier alpha value is -1.29. The fourth-order valence-electron chi connectivity index (χ4n) is 4.62. The van der Waals surface area contributed by atoms with Gasteiger partial charge >= 0.3 is 0 Å². The average molecular weight is 365 g/mol. The number of allylic oxidation sites excluding steroid dienone is 2. The van der Waals surface area contributed by atoms with Crippen LogP contribution < -0.4 is 5.73 Å². The molecule has 1 heterocycles. The summed E-state index contributed by atoms with van der Waals surface area (Å²) < 4.78 is 15.6. The standard InChI is InChI=1S/C18H22BrFN2/c1-11(2)22-9-7-15-14(12(3)21)6-8-18(15,22)16-10-13(19)4-5-17(16)20/h4-5,10,14-15H,1,3,6-9,21H2,2H3/t14-,15?,18+/m1/s1. The minimum absolute atomic E-state index is 0.148. The quantitative estimate of drug-likeness (QED) is 0.853. The molecule has 2 nitrogen and oxygen atoms in total. The van der Waals surface area contributed by atoms with Crippen molar-refractivity contribution < 1.29 is 4.39 Å². The molecule has 0 bridgehead atoms. The molecule has 0 radical (unpaired) electrons.